The van der Waals surface area contributed by atoms with Crippen molar-refractivity contribution < 1.29 is 4.79 Å². The van der Waals surface area contributed by atoms with Crippen LogP contribution in [0.25, 0.3) is 27.6 Å². The van der Waals surface area contributed by atoms with Crippen molar-refractivity contribution in [1.29, 1.82) is 0 Å². The van der Waals surface area contributed by atoms with Gasteiger partial charge in [0.1, 0.15) is 11.0 Å². The van der Waals surface area contributed by atoms with E-state index in [9.17, 15) is 9.59 Å². The van der Waals surface area contributed by atoms with Crippen molar-refractivity contribution in [3.05, 3.63) is 94.3 Å². The molecule has 0 radical (unpaired) electrons. The summed E-state index contributed by atoms with van der Waals surface area (Å²) in [6, 6.07) is 24.1. The average Bonchev–Trinajstić information content (AvgIpc) is 3.31. The van der Waals surface area contributed by atoms with Crippen LogP contribution in [0.4, 0.5) is 5.69 Å². The Labute approximate surface area is 225 Å². The first-order valence-electron chi connectivity index (χ1n) is 12.8. The molecule has 2 aromatic heterocycles. The maximum absolute atomic E-state index is 13.8. The zero-order valence-electron chi connectivity index (χ0n) is 21.5. The summed E-state index contributed by atoms with van der Waals surface area (Å²) in [7, 11) is 0. The van der Waals surface area contributed by atoms with E-state index in [0.717, 1.165) is 40.8 Å². The van der Waals surface area contributed by atoms with Crippen molar-refractivity contribution in [2.75, 3.05) is 36.8 Å². The standard InChI is InChI=1S/C30H29N5O2S/c1-20-16-21(2)18-23(17-20)35-29(37)28-27(24-10-6-7-11-25(24)31-28)32-30(35)38-19-26(36)34-14-12-33(13-15-34)22-8-4-3-5-9-22/h3-11,16-18,31H,12-15,19H2,1-2H3. The third-order valence-electron chi connectivity index (χ3n) is 7.04. The lowest BCUT2D eigenvalue weighted by molar-refractivity contribution is -0.128. The number of nitrogens with one attached hydrogen (secondary N) is 1. The molecule has 1 fully saturated rings. The number of H-pyrrole nitrogens is 1. The Morgan fingerprint density at radius 2 is 1.58 bits per heavy atom. The van der Waals surface area contributed by atoms with Crippen molar-refractivity contribution in [3.8, 4) is 5.69 Å². The van der Waals surface area contributed by atoms with E-state index < -0.39 is 0 Å². The van der Waals surface area contributed by atoms with Gasteiger partial charge in [-0.15, -0.1) is 0 Å². The van der Waals surface area contributed by atoms with Crippen LogP contribution < -0.4 is 10.5 Å². The molecule has 1 aliphatic rings. The molecule has 0 unspecified atom stereocenters. The number of hydrogen-bond acceptors (Lipinski definition) is 5. The Morgan fingerprint density at radius 1 is 0.895 bits per heavy atom. The van der Waals surface area contributed by atoms with Gasteiger partial charge < -0.3 is 14.8 Å². The monoisotopic (exact) mass is 523 g/mol. The highest BCUT2D eigenvalue weighted by Gasteiger charge is 2.23. The fraction of sp³-hybridized carbons (Fsp3) is 0.233. The SMILES string of the molecule is Cc1cc(C)cc(-n2c(SCC(=O)N3CCN(c4ccccc4)CC3)nc3c([nH]c4ccccc43)c2=O)c1. The predicted molar refractivity (Wildman–Crippen MR) is 155 cm³/mol. The topological polar surface area (TPSA) is 74.2 Å². The zero-order chi connectivity index (χ0) is 26.2. The molecule has 1 N–H and O–H groups in total. The van der Waals surface area contributed by atoms with Gasteiger partial charge in [-0.2, -0.15) is 0 Å². The number of nitrogens with zero attached hydrogens (tertiary/aromatic N) is 4. The Balaban J connectivity index is 1.30. The van der Waals surface area contributed by atoms with Gasteiger partial charge in [0.2, 0.25) is 5.91 Å². The molecule has 0 spiro atoms. The van der Waals surface area contributed by atoms with E-state index in [4.69, 9.17) is 4.98 Å². The van der Waals surface area contributed by atoms with Gasteiger partial charge in [0.05, 0.1) is 11.4 Å². The average molecular weight is 524 g/mol. The molecule has 0 saturated carbocycles. The minimum Gasteiger partial charge on any atom is -0.368 e. The van der Waals surface area contributed by atoms with Crippen LogP contribution in [0.3, 0.4) is 0 Å². The smallest absolute Gasteiger partial charge is 0.283 e. The molecular weight excluding hydrogens is 494 g/mol. The highest BCUT2D eigenvalue weighted by atomic mass is 32.2. The number of carbonyl (C=O) groups is 1. The molecular formula is C30H29N5O2S. The number of piperazine rings is 1. The van der Waals surface area contributed by atoms with E-state index in [1.165, 1.54) is 17.4 Å². The van der Waals surface area contributed by atoms with E-state index in [-0.39, 0.29) is 17.2 Å². The van der Waals surface area contributed by atoms with Crippen molar-refractivity contribution in [3.63, 3.8) is 0 Å². The van der Waals surface area contributed by atoms with Crippen molar-refractivity contribution in [2.45, 2.75) is 19.0 Å². The van der Waals surface area contributed by atoms with E-state index in [2.05, 4.69) is 28.1 Å². The lowest BCUT2D eigenvalue weighted by Crippen LogP contribution is -2.49. The van der Waals surface area contributed by atoms with Crippen molar-refractivity contribution in [1.82, 2.24) is 19.4 Å². The maximum atomic E-state index is 13.8. The fourth-order valence-electron chi connectivity index (χ4n) is 5.22. The van der Waals surface area contributed by atoms with Crippen LogP contribution in [0.5, 0.6) is 0 Å². The first kappa shape index (κ1) is 24.3. The number of fused-ring (bicyclic) bond motifs is 3. The van der Waals surface area contributed by atoms with Crippen LogP contribution in [0.1, 0.15) is 11.1 Å². The number of hydrogen-bond donors (Lipinski definition) is 1. The number of aromatic amines is 1. The molecule has 5 aromatic rings. The Bertz CT molecular complexity index is 1680. The molecule has 3 aromatic carbocycles. The van der Waals surface area contributed by atoms with E-state index >= 15 is 0 Å². The van der Waals surface area contributed by atoms with Gasteiger partial charge in [-0.25, -0.2) is 4.98 Å². The Morgan fingerprint density at radius 3 is 2.32 bits per heavy atom. The van der Waals surface area contributed by atoms with Crippen molar-refractivity contribution >= 4 is 45.3 Å². The van der Waals surface area contributed by atoms with Gasteiger partial charge in [-0.05, 0) is 55.3 Å². The number of carbonyl (C=O) groups excluding carboxylic acids is 1. The van der Waals surface area contributed by atoms with Crippen LogP contribution >= 0.6 is 11.8 Å². The fourth-order valence-corrected chi connectivity index (χ4v) is 6.13. The van der Waals surface area contributed by atoms with Crippen LogP contribution in [0.2, 0.25) is 0 Å². The van der Waals surface area contributed by atoms with Gasteiger partial charge in [-0.3, -0.25) is 14.2 Å². The molecule has 3 heterocycles. The number of amides is 1. The summed E-state index contributed by atoms with van der Waals surface area (Å²) in [5.74, 6) is 0.277. The van der Waals surface area contributed by atoms with Gasteiger partial charge in [0.15, 0.2) is 5.16 Å². The quantitative estimate of drug-likeness (QED) is 0.261. The summed E-state index contributed by atoms with van der Waals surface area (Å²) in [6.45, 7) is 6.98. The number of anilines is 1. The molecule has 1 saturated heterocycles. The van der Waals surface area contributed by atoms with Gasteiger partial charge in [-0.1, -0.05) is 54.2 Å². The number of thioether (sulfide) groups is 1. The normalized spacial score (nSPS) is 13.9. The molecule has 1 aliphatic heterocycles. The molecule has 192 valence electrons. The summed E-state index contributed by atoms with van der Waals surface area (Å²) < 4.78 is 1.64. The van der Waals surface area contributed by atoms with E-state index in [1.54, 1.807) is 4.57 Å². The lowest BCUT2D eigenvalue weighted by atomic mass is 10.1. The minimum absolute atomic E-state index is 0.0583. The molecule has 38 heavy (non-hydrogen) atoms. The second kappa shape index (κ2) is 10.0. The first-order chi connectivity index (χ1) is 18.5. The molecule has 0 bridgehead atoms. The largest absolute Gasteiger partial charge is 0.368 e. The number of para-hydroxylation sites is 2. The second-order valence-corrected chi connectivity index (χ2v) is 10.7. The minimum atomic E-state index is -0.164. The number of aromatic nitrogens is 3. The molecule has 1 amide bonds. The Kier molecular flexibility index (Phi) is 6.41. The van der Waals surface area contributed by atoms with Gasteiger partial charge >= 0.3 is 0 Å². The summed E-state index contributed by atoms with van der Waals surface area (Å²) >= 11 is 1.33. The maximum Gasteiger partial charge on any atom is 0.283 e. The summed E-state index contributed by atoms with van der Waals surface area (Å²) in [4.78, 5) is 39.5. The van der Waals surface area contributed by atoms with Crippen LogP contribution in [-0.2, 0) is 4.79 Å². The van der Waals surface area contributed by atoms with Crippen LogP contribution in [0.15, 0.2) is 82.7 Å². The predicted octanol–water partition coefficient (Wildman–Crippen LogP) is 4.92. The summed E-state index contributed by atoms with van der Waals surface area (Å²) in [5.41, 5.74) is 5.88. The highest BCUT2D eigenvalue weighted by Crippen LogP contribution is 2.27. The zero-order valence-corrected chi connectivity index (χ0v) is 22.3. The second-order valence-electron chi connectivity index (χ2n) is 9.77. The molecule has 7 nitrogen and oxygen atoms in total. The third-order valence-corrected chi connectivity index (χ3v) is 7.96. The molecule has 0 atom stereocenters. The number of aryl methyl sites for hydroxylation is 2. The molecule has 6 rings (SSSR count). The summed E-state index contributed by atoms with van der Waals surface area (Å²) in [6.07, 6.45) is 0. The molecule has 0 aliphatic carbocycles. The van der Waals surface area contributed by atoms with Crippen molar-refractivity contribution in [2.24, 2.45) is 0 Å². The van der Waals surface area contributed by atoms with Crippen LogP contribution in [-0.4, -0.2) is 57.3 Å². The summed E-state index contributed by atoms with van der Waals surface area (Å²) in [5, 5.41) is 1.42. The number of benzene rings is 3. The van der Waals surface area contributed by atoms with Gasteiger partial charge in [0, 0.05) is 42.8 Å². The first-order valence-corrected chi connectivity index (χ1v) is 13.8. The van der Waals surface area contributed by atoms with Crippen LogP contribution in [0, 0.1) is 13.8 Å². The highest BCUT2D eigenvalue weighted by molar-refractivity contribution is 7.99. The van der Waals surface area contributed by atoms with Gasteiger partial charge in [0.25, 0.3) is 5.56 Å². The molecule has 8 heteroatoms. The number of rotatable bonds is 5. The third kappa shape index (κ3) is 4.56. The van der Waals surface area contributed by atoms with E-state index in [0.29, 0.717) is 29.3 Å². The van der Waals surface area contributed by atoms with E-state index in [1.807, 2.05) is 73.3 Å². The lowest BCUT2D eigenvalue weighted by Gasteiger charge is -2.36. The Hall–Kier alpha value is -4.04.